The van der Waals surface area contributed by atoms with Crippen molar-refractivity contribution in [2.75, 3.05) is 20.8 Å². The normalized spacial score (nSPS) is 16.0. The fourth-order valence-corrected chi connectivity index (χ4v) is 4.08. The van der Waals surface area contributed by atoms with Crippen molar-refractivity contribution in [2.45, 2.75) is 39.7 Å². The summed E-state index contributed by atoms with van der Waals surface area (Å²) in [7, 11) is 3.17. The van der Waals surface area contributed by atoms with Crippen LogP contribution in [0.15, 0.2) is 52.7 Å². The molecule has 2 aromatic carbocycles. The van der Waals surface area contributed by atoms with Crippen LogP contribution in [0.25, 0.3) is 17.0 Å². The first-order valence-corrected chi connectivity index (χ1v) is 11.4. The number of benzene rings is 2. The summed E-state index contributed by atoms with van der Waals surface area (Å²) in [5.74, 6) is 2.00. The van der Waals surface area contributed by atoms with E-state index in [0.29, 0.717) is 29.8 Å². The van der Waals surface area contributed by atoms with Gasteiger partial charge in [-0.15, -0.1) is 0 Å². The van der Waals surface area contributed by atoms with E-state index in [2.05, 4.69) is 17.4 Å². The highest BCUT2D eigenvalue weighted by Gasteiger charge is 2.35. The van der Waals surface area contributed by atoms with Gasteiger partial charge < -0.3 is 19.3 Å². The number of urea groups is 1. The lowest BCUT2D eigenvalue weighted by atomic mass is 9.94. The second kappa shape index (κ2) is 9.99. The first-order valence-electron chi connectivity index (χ1n) is 11.4. The monoisotopic (exact) mass is 462 g/mol. The number of hydrogen-bond acceptors (Lipinski definition) is 6. The van der Waals surface area contributed by atoms with Gasteiger partial charge in [-0.05, 0) is 44.0 Å². The number of ether oxygens (including phenoxy) is 2. The molecule has 0 radical (unpaired) electrons. The van der Waals surface area contributed by atoms with Gasteiger partial charge >= 0.3 is 6.03 Å². The second-order valence-electron chi connectivity index (χ2n) is 8.29. The predicted octanol–water partition coefficient (Wildman–Crippen LogP) is 5.36. The van der Waals surface area contributed by atoms with Crippen molar-refractivity contribution in [2.24, 2.45) is 0 Å². The van der Waals surface area contributed by atoms with E-state index in [4.69, 9.17) is 19.0 Å². The minimum absolute atomic E-state index is 0.125. The van der Waals surface area contributed by atoms with Crippen molar-refractivity contribution in [1.82, 2.24) is 20.4 Å². The summed E-state index contributed by atoms with van der Waals surface area (Å²) in [5.41, 5.74) is 4.44. The lowest BCUT2D eigenvalue weighted by molar-refractivity contribution is 0.204. The topological polar surface area (TPSA) is 89.7 Å². The van der Waals surface area contributed by atoms with Crippen molar-refractivity contribution in [3.05, 3.63) is 65.2 Å². The standard InChI is InChI=1S/C26H30N4O4/c1-6-7-14-30-17(3)22(23(27-26(30)31)18-10-8-16(2)9-11-18)25-28-24(29-34-25)19-12-13-20(32-4)21(15-19)33-5/h8-13,15,23H,6-7,14H2,1-5H3,(H,27,31). The van der Waals surface area contributed by atoms with Gasteiger partial charge in [0.05, 0.1) is 25.8 Å². The number of aryl methyl sites for hydroxylation is 1. The molecule has 2 heterocycles. The summed E-state index contributed by atoms with van der Waals surface area (Å²) >= 11 is 0. The Morgan fingerprint density at radius 3 is 2.47 bits per heavy atom. The van der Waals surface area contributed by atoms with Crippen molar-refractivity contribution >= 4 is 11.6 Å². The molecule has 178 valence electrons. The number of aromatic nitrogens is 2. The molecule has 34 heavy (non-hydrogen) atoms. The van der Waals surface area contributed by atoms with E-state index in [1.54, 1.807) is 25.2 Å². The van der Waals surface area contributed by atoms with Crippen molar-refractivity contribution in [3.8, 4) is 22.9 Å². The van der Waals surface area contributed by atoms with Crippen LogP contribution in [0.2, 0.25) is 0 Å². The molecule has 4 rings (SSSR count). The molecule has 0 saturated carbocycles. The molecular formula is C26H30N4O4. The highest BCUT2D eigenvalue weighted by molar-refractivity contribution is 5.86. The summed E-state index contributed by atoms with van der Waals surface area (Å²) in [6.45, 7) is 6.69. The lowest BCUT2D eigenvalue weighted by Crippen LogP contribution is -2.46. The van der Waals surface area contributed by atoms with Crippen LogP contribution in [0, 0.1) is 6.92 Å². The average Bonchev–Trinajstić information content (AvgIpc) is 3.33. The third-order valence-corrected chi connectivity index (χ3v) is 6.04. The minimum atomic E-state index is -0.398. The number of nitrogens with one attached hydrogen (secondary N) is 1. The molecule has 8 heteroatoms. The molecule has 0 fully saturated rings. The number of carbonyl (C=O) groups excluding carboxylic acids is 1. The highest BCUT2D eigenvalue weighted by Crippen LogP contribution is 2.38. The van der Waals surface area contributed by atoms with Gasteiger partial charge in [-0.25, -0.2) is 4.79 Å². The van der Waals surface area contributed by atoms with Crippen LogP contribution in [-0.4, -0.2) is 41.8 Å². The maximum Gasteiger partial charge on any atom is 0.322 e. The zero-order chi connectivity index (χ0) is 24.2. The highest BCUT2D eigenvalue weighted by atomic mass is 16.5. The lowest BCUT2D eigenvalue weighted by Gasteiger charge is -2.35. The fraction of sp³-hybridized carbons (Fsp3) is 0.346. The fourth-order valence-electron chi connectivity index (χ4n) is 4.08. The summed E-state index contributed by atoms with van der Waals surface area (Å²) in [4.78, 5) is 19.4. The van der Waals surface area contributed by atoms with Crippen molar-refractivity contribution in [3.63, 3.8) is 0 Å². The Morgan fingerprint density at radius 2 is 1.79 bits per heavy atom. The smallest absolute Gasteiger partial charge is 0.322 e. The van der Waals surface area contributed by atoms with E-state index >= 15 is 0 Å². The van der Waals surface area contributed by atoms with E-state index in [-0.39, 0.29) is 6.03 Å². The number of methoxy groups -OCH3 is 2. The first-order chi connectivity index (χ1) is 16.5. The van der Waals surface area contributed by atoms with Gasteiger partial charge in [0.25, 0.3) is 5.89 Å². The van der Waals surface area contributed by atoms with Gasteiger partial charge in [0.1, 0.15) is 0 Å². The maximum atomic E-state index is 13.0. The Labute approximate surface area is 199 Å². The van der Waals surface area contributed by atoms with Gasteiger partial charge in [0.15, 0.2) is 11.5 Å². The molecule has 1 aliphatic rings. The average molecular weight is 463 g/mol. The van der Waals surface area contributed by atoms with E-state index < -0.39 is 6.04 Å². The number of rotatable bonds is 8. The second-order valence-corrected chi connectivity index (χ2v) is 8.29. The van der Waals surface area contributed by atoms with E-state index in [0.717, 1.165) is 40.8 Å². The van der Waals surface area contributed by atoms with Gasteiger partial charge in [-0.1, -0.05) is 48.3 Å². The number of allylic oxidation sites excluding steroid dienone is 1. The molecule has 1 N–H and O–H groups in total. The Balaban J connectivity index is 1.78. The van der Waals surface area contributed by atoms with Crippen LogP contribution in [-0.2, 0) is 0 Å². The predicted molar refractivity (Wildman–Crippen MR) is 129 cm³/mol. The van der Waals surface area contributed by atoms with Gasteiger partial charge in [0.2, 0.25) is 5.82 Å². The molecule has 3 aromatic rings. The third-order valence-electron chi connectivity index (χ3n) is 6.04. The molecule has 1 aromatic heterocycles. The number of unbranched alkanes of at least 4 members (excludes halogenated alkanes) is 1. The zero-order valence-electron chi connectivity index (χ0n) is 20.2. The first kappa shape index (κ1) is 23.4. The zero-order valence-corrected chi connectivity index (χ0v) is 20.2. The molecule has 1 atom stereocenters. The Bertz CT molecular complexity index is 1200. The largest absolute Gasteiger partial charge is 0.493 e. The molecule has 8 nitrogen and oxygen atoms in total. The molecule has 1 aliphatic heterocycles. The molecule has 2 amide bonds. The van der Waals surface area contributed by atoms with Crippen LogP contribution >= 0.6 is 0 Å². The van der Waals surface area contributed by atoms with Crippen LogP contribution < -0.4 is 14.8 Å². The SMILES string of the molecule is CCCCN1C(=O)NC(c2ccc(C)cc2)C(c2nc(-c3ccc(OC)c(OC)c3)no2)=C1C. The van der Waals surface area contributed by atoms with Gasteiger partial charge in [-0.2, -0.15) is 4.98 Å². The number of hydrogen-bond donors (Lipinski definition) is 1. The van der Waals surface area contributed by atoms with E-state index in [1.165, 1.54) is 0 Å². The summed E-state index contributed by atoms with van der Waals surface area (Å²) in [6, 6.07) is 13.0. The van der Waals surface area contributed by atoms with Gasteiger partial charge in [0, 0.05) is 17.8 Å². The number of amides is 2. The van der Waals surface area contributed by atoms with E-state index in [1.807, 2.05) is 50.2 Å². The van der Waals surface area contributed by atoms with Crippen LogP contribution in [0.5, 0.6) is 11.5 Å². The van der Waals surface area contributed by atoms with Crippen molar-refractivity contribution in [1.29, 1.82) is 0 Å². The maximum absolute atomic E-state index is 13.0. The summed E-state index contributed by atoms with van der Waals surface area (Å²) < 4.78 is 16.5. The molecule has 0 saturated heterocycles. The minimum Gasteiger partial charge on any atom is -0.493 e. The molecule has 1 unspecified atom stereocenters. The van der Waals surface area contributed by atoms with Crippen molar-refractivity contribution < 1.29 is 18.8 Å². The summed E-state index contributed by atoms with van der Waals surface area (Å²) in [6.07, 6.45) is 1.88. The van der Waals surface area contributed by atoms with Gasteiger partial charge in [-0.3, -0.25) is 4.90 Å². The molecule has 0 spiro atoms. The van der Waals surface area contributed by atoms with Crippen LogP contribution in [0.3, 0.4) is 0 Å². The summed E-state index contributed by atoms with van der Waals surface area (Å²) in [5, 5.41) is 7.36. The number of nitrogens with zero attached hydrogens (tertiary/aromatic N) is 3. The van der Waals surface area contributed by atoms with Crippen LogP contribution in [0.4, 0.5) is 4.79 Å². The molecule has 0 bridgehead atoms. The third kappa shape index (κ3) is 4.48. The number of carbonyl (C=O) groups is 1. The molecule has 0 aliphatic carbocycles. The Hall–Kier alpha value is -3.81. The molecular weight excluding hydrogens is 432 g/mol. The van der Waals surface area contributed by atoms with E-state index in [9.17, 15) is 4.79 Å². The Kier molecular flexibility index (Phi) is 6.86. The van der Waals surface area contributed by atoms with Crippen LogP contribution in [0.1, 0.15) is 49.7 Å². The Morgan fingerprint density at radius 1 is 1.06 bits per heavy atom. The quantitative estimate of drug-likeness (QED) is 0.485.